The fourth-order valence-corrected chi connectivity index (χ4v) is 4.23. The van der Waals surface area contributed by atoms with Gasteiger partial charge in [-0.05, 0) is 76.9 Å². The minimum absolute atomic E-state index is 0.000121. The number of aromatic carboxylic acids is 3. The average Bonchev–Trinajstić information content (AvgIpc) is 2.90. The van der Waals surface area contributed by atoms with E-state index in [9.17, 15) is 34.5 Å². The predicted octanol–water partition coefficient (Wildman–Crippen LogP) is 5.63. The predicted molar refractivity (Wildman–Crippen MR) is 136 cm³/mol. The summed E-state index contributed by atoms with van der Waals surface area (Å²) >= 11 is 0. The van der Waals surface area contributed by atoms with E-state index in [1.54, 1.807) is 24.3 Å². The molecule has 0 aliphatic heterocycles. The number of carboxylic acid groups (broad SMARTS) is 3. The first kappa shape index (κ1) is 23.4. The number of pyridine rings is 1. The molecule has 0 aliphatic carbocycles. The Balaban J connectivity index is 1.64. The van der Waals surface area contributed by atoms with E-state index in [0.29, 0.717) is 39.6 Å². The minimum atomic E-state index is -1.23. The molecule has 8 nitrogen and oxygen atoms in total. The fourth-order valence-electron chi connectivity index (χ4n) is 4.23. The van der Waals surface area contributed by atoms with E-state index in [-0.39, 0.29) is 22.3 Å². The van der Waals surface area contributed by atoms with Crippen LogP contribution in [-0.2, 0) is 0 Å². The van der Waals surface area contributed by atoms with E-state index in [0.717, 1.165) is 16.8 Å². The van der Waals surface area contributed by atoms with Crippen LogP contribution in [0.3, 0.4) is 0 Å². The molecule has 1 heterocycles. The van der Waals surface area contributed by atoms with E-state index in [1.165, 1.54) is 24.3 Å². The molecule has 3 N–H and O–H groups in total. The number of benzene rings is 4. The molecule has 0 fully saturated rings. The van der Waals surface area contributed by atoms with Crippen molar-refractivity contribution in [3.8, 4) is 22.3 Å². The second-order valence-corrected chi connectivity index (χ2v) is 8.48. The third-order valence-corrected chi connectivity index (χ3v) is 6.04. The largest absolute Gasteiger partial charge is 0.478 e. The maximum atomic E-state index is 11.5. The lowest BCUT2D eigenvalue weighted by Gasteiger charge is -2.09. The molecule has 0 amide bonds. The first-order valence-corrected chi connectivity index (χ1v) is 11.0. The zero-order chi connectivity index (χ0) is 26.3. The Morgan fingerprint density at radius 1 is 0.541 bits per heavy atom. The Bertz CT molecular complexity index is 1760. The molecule has 0 saturated carbocycles. The number of rotatable bonds is 6. The molecule has 0 atom stereocenters. The third kappa shape index (κ3) is 4.51. The third-order valence-electron chi connectivity index (χ3n) is 6.04. The van der Waals surface area contributed by atoms with Crippen molar-refractivity contribution in [3.05, 3.63) is 101 Å². The van der Waals surface area contributed by atoms with Gasteiger partial charge < -0.3 is 15.3 Å². The number of hydrogen-bond acceptors (Lipinski definition) is 5. The SMILES string of the molecule is O=Cc1cc(C(=O)O)cc(-c2ccc3cc4ccc(-c5cc(C(=O)O)cc(C(=O)O)c5)cc4nc3c2)c1. The number of aromatic nitrogens is 1. The van der Waals surface area contributed by atoms with Crippen LogP contribution in [0.25, 0.3) is 44.1 Å². The Labute approximate surface area is 209 Å². The molecule has 0 aliphatic rings. The zero-order valence-electron chi connectivity index (χ0n) is 19.0. The summed E-state index contributed by atoms with van der Waals surface area (Å²) in [5.41, 5.74) is 3.49. The molecule has 5 rings (SSSR count). The highest BCUT2D eigenvalue weighted by atomic mass is 16.4. The molecule has 0 spiro atoms. The smallest absolute Gasteiger partial charge is 0.335 e. The van der Waals surface area contributed by atoms with Crippen molar-refractivity contribution in [2.24, 2.45) is 0 Å². The van der Waals surface area contributed by atoms with E-state index in [4.69, 9.17) is 4.98 Å². The zero-order valence-corrected chi connectivity index (χ0v) is 19.0. The van der Waals surface area contributed by atoms with Crippen LogP contribution in [0.4, 0.5) is 0 Å². The second kappa shape index (κ2) is 9.01. The Morgan fingerprint density at radius 3 is 1.46 bits per heavy atom. The van der Waals surface area contributed by atoms with E-state index < -0.39 is 17.9 Å². The van der Waals surface area contributed by atoms with Gasteiger partial charge in [-0.15, -0.1) is 0 Å². The second-order valence-electron chi connectivity index (χ2n) is 8.48. The van der Waals surface area contributed by atoms with Crippen LogP contribution in [0.2, 0.25) is 0 Å². The van der Waals surface area contributed by atoms with Gasteiger partial charge in [0, 0.05) is 16.3 Å². The van der Waals surface area contributed by atoms with Crippen molar-refractivity contribution in [2.75, 3.05) is 0 Å². The van der Waals surface area contributed by atoms with Crippen LogP contribution in [0.15, 0.2) is 78.9 Å². The molecule has 1 aromatic heterocycles. The van der Waals surface area contributed by atoms with Crippen molar-refractivity contribution >= 4 is 46.0 Å². The van der Waals surface area contributed by atoms with Gasteiger partial charge in [0.05, 0.1) is 27.7 Å². The highest BCUT2D eigenvalue weighted by molar-refractivity contribution is 5.99. The monoisotopic (exact) mass is 491 g/mol. The van der Waals surface area contributed by atoms with Crippen molar-refractivity contribution < 1.29 is 34.5 Å². The van der Waals surface area contributed by atoms with E-state index in [2.05, 4.69) is 0 Å². The molecule has 5 aromatic rings. The number of carboxylic acids is 3. The first-order valence-electron chi connectivity index (χ1n) is 11.0. The Morgan fingerprint density at radius 2 is 1.00 bits per heavy atom. The molecule has 0 saturated heterocycles. The lowest BCUT2D eigenvalue weighted by molar-refractivity contribution is 0.0682. The van der Waals surface area contributed by atoms with E-state index >= 15 is 0 Å². The van der Waals surface area contributed by atoms with Gasteiger partial charge in [0.2, 0.25) is 0 Å². The quantitative estimate of drug-likeness (QED) is 0.205. The lowest BCUT2D eigenvalue weighted by Crippen LogP contribution is -2.03. The molecule has 4 aromatic carbocycles. The van der Waals surface area contributed by atoms with Gasteiger partial charge in [0.1, 0.15) is 6.29 Å². The molecular weight excluding hydrogens is 474 g/mol. The van der Waals surface area contributed by atoms with Crippen LogP contribution >= 0.6 is 0 Å². The number of fused-ring (bicyclic) bond motifs is 2. The van der Waals surface area contributed by atoms with Gasteiger partial charge in [-0.1, -0.05) is 24.3 Å². The van der Waals surface area contributed by atoms with E-state index in [1.807, 2.05) is 24.3 Å². The summed E-state index contributed by atoms with van der Waals surface area (Å²) < 4.78 is 0. The number of carbonyl (C=O) groups is 4. The summed E-state index contributed by atoms with van der Waals surface area (Å²) in [4.78, 5) is 50.6. The highest BCUT2D eigenvalue weighted by Gasteiger charge is 2.14. The van der Waals surface area contributed by atoms with Crippen molar-refractivity contribution in [3.63, 3.8) is 0 Å². The molecule has 180 valence electrons. The summed E-state index contributed by atoms with van der Waals surface area (Å²) in [5.74, 6) is -3.60. The standard InChI is InChI=1S/C29H17NO7/c31-14-15-5-20(8-22(6-15)27(32)33)16-1-3-18-7-19-4-2-17(13-26(19)30-25(18)12-16)21-9-23(28(34)35)11-24(10-21)29(36)37/h1-14H,(H,32,33)(H,34,35)(H,36,37). The number of nitrogens with zero attached hydrogens (tertiary/aromatic N) is 1. The van der Waals surface area contributed by atoms with Crippen LogP contribution in [0.1, 0.15) is 41.4 Å². The summed E-state index contributed by atoms with van der Waals surface area (Å²) in [6.45, 7) is 0. The van der Waals surface area contributed by atoms with Gasteiger partial charge in [-0.3, -0.25) is 4.79 Å². The van der Waals surface area contributed by atoms with Crippen LogP contribution in [0, 0.1) is 0 Å². The van der Waals surface area contributed by atoms with Gasteiger partial charge in [-0.2, -0.15) is 0 Å². The summed E-state index contributed by atoms with van der Waals surface area (Å²) in [6, 6.07) is 21.1. The lowest BCUT2D eigenvalue weighted by atomic mass is 9.97. The van der Waals surface area contributed by atoms with Gasteiger partial charge >= 0.3 is 17.9 Å². The van der Waals surface area contributed by atoms with Crippen LogP contribution in [0.5, 0.6) is 0 Å². The fraction of sp³-hybridized carbons (Fsp3) is 0. The molecular formula is C29H17NO7. The van der Waals surface area contributed by atoms with Crippen molar-refractivity contribution in [1.29, 1.82) is 0 Å². The number of carbonyl (C=O) groups excluding carboxylic acids is 1. The molecule has 8 heteroatoms. The van der Waals surface area contributed by atoms with Crippen molar-refractivity contribution in [2.45, 2.75) is 0 Å². The Hall–Kier alpha value is -5.37. The summed E-state index contributed by atoms with van der Waals surface area (Å²) in [7, 11) is 0. The first-order chi connectivity index (χ1) is 17.7. The highest BCUT2D eigenvalue weighted by Crippen LogP contribution is 2.30. The average molecular weight is 491 g/mol. The van der Waals surface area contributed by atoms with Gasteiger partial charge in [0.15, 0.2) is 0 Å². The van der Waals surface area contributed by atoms with Crippen LogP contribution in [-0.4, -0.2) is 44.5 Å². The maximum Gasteiger partial charge on any atom is 0.335 e. The minimum Gasteiger partial charge on any atom is -0.478 e. The molecule has 37 heavy (non-hydrogen) atoms. The number of hydrogen-bond donors (Lipinski definition) is 3. The summed E-state index contributed by atoms with van der Waals surface area (Å²) in [6.07, 6.45) is 0.597. The Kier molecular flexibility index (Phi) is 5.69. The van der Waals surface area contributed by atoms with Crippen molar-refractivity contribution in [1.82, 2.24) is 4.98 Å². The van der Waals surface area contributed by atoms with Gasteiger partial charge in [0.25, 0.3) is 0 Å². The van der Waals surface area contributed by atoms with Gasteiger partial charge in [-0.25, -0.2) is 19.4 Å². The summed E-state index contributed by atoms with van der Waals surface area (Å²) in [5, 5.41) is 29.8. The normalized spacial score (nSPS) is 10.9. The van der Waals surface area contributed by atoms with Crippen LogP contribution < -0.4 is 0 Å². The topological polar surface area (TPSA) is 142 Å². The molecule has 0 bridgehead atoms. The molecule has 0 radical (unpaired) electrons. The molecule has 0 unspecified atom stereocenters. The maximum absolute atomic E-state index is 11.5. The number of aldehydes is 1.